The van der Waals surface area contributed by atoms with Crippen LogP contribution in [0, 0.1) is 0 Å². The summed E-state index contributed by atoms with van der Waals surface area (Å²) in [4.78, 5) is 26.7. The first kappa shape index (κ1) is 17.7. The van der Waals surface area contributed by atoms with Crippen LogP contribution >= 0.6 is 15.9 Å². The number of carboxylic acids is 1. The van der Waals surface area contributed by atoms with E-state index in [9.17, 15) is 14.7 Å². The van der Waals surface area contributed by atoms with Crippen molar-refractivity contribution >= 4 is 38.6 Å². The first-order valence-electron chi connectivity index (χ1n) is 7.51. The second-order valence-electron chi connectivity index (χ2n) is 5.30. The maximum absolute atomic E-state index is 12.1. The van der Waals surface area contributed by atoms with Gasteiger partial charge >= 0.3 is 5.97 Å². The molecule has 0 radical (unpaired) electrons. The highest BCUT2D eigenvalue weighted by atomic mass is 79.9. The molecule has 7 nitrogen and oxygen atoms in total. The van der Waals surface area contributed by atoms with Crippen molar-refractivity contribution in [1.29, 1.82) is 0 Å². The number of rotatable bonds is 5. The molecule has 0 saturated heterocycles. The smallest absolute Gasteiger partial charge is 0.322 e. The highest BCUT2D eigenvalue weighted by molar-refractivity contribution is 9.10. The Morgan fingerprint density at radius 3 is 2.50 bits per heavy atom. The molecule has 3 N–H and O–H groups in total. The van der Waals surface area contributed by atoms with Gasteiger partial charge in [-0.15, -0.1) is 0 Å². The fraction of sp³-hybridized carbons (Fsp3) is 0.0556. The van der Waals surface area contributed by atoms with E-state index in [4.69, 9.17) is 9.84 Å². The molecule has 1 amide bonds. The average Bonchev–Trinajstić information content (AvgIpc) is 2.63. The lowest BCUT2D eigenvalue weighted by Gasteiger charge is -2.11. The third-order valence-corrected chi connectivity index (χ3v) is 4.10. The Morgan fingerprint density at radius 1 is 1.08 bits per heavy atom. The minimum atomic E-state index is -1.20. The largest absolute Gasteiger partial charge is 0.505 e. The number of fused-ring (bicyclic) bond motifs is 1. The van der Waals surface area contributed by atoms with Gasteiger partial charge in [-0.25, -0.2) is 4.98 Å². The number of nitrogens with zero attached hydrogens (tertiary/aromatic N) is 1. The molecular formula is C18H13BrN2O5. The number of amides is 1. The van der Waals surface area contributed by atoms with E-state index in [2.05, 4.69) is 26.2 Å². The molecule has 0 spiro atoms. The average molecular weight is 417 g/mol. The number of carbonyl (C=O) groups excluding carboxylic acids is 1. The molecular weight excluding hydrogens is 404 g/mol. The van der Waals surface area contributed by atoms with Crippen LogP contribution in [0.1, 0.15) is 10.5 Å². The van der Waals surface area contributed by atoms with Crippen molar-refractivity contribution in [1.82, 2.24) is 10.3 Å². The molecule has 8 heteroatoms. The van der Waals surface area contributed by atoms with Crippen molar-refractivity contribution < 1.29 is 24.5 Å². The van der Waals surface area contributed by atoms with Crippen LogP contribution in [0.15, 0.2) is 53.1 Å². The molecule has 0 unspecified atom stereocenters. The first-order chi connectivity index (χ1) is 12.5. The van der Waals surface area contributed by atoms with Gasteiger partial charge in [-0.05, 0) is 46.3 Å². The first-order valence-corrected chi connectivity index (χ1v) is 8.30. The number of ether oxygens (including phenoxy) is 1. The second kappa shape index (κ2) is 7.40. The zero-order valence-electron chi connectivity index (χ0n) is 13.3. The monoisotopic (exact) mass is 416 g/mol. The summed E-state index contributed by atoms with van der Waals surface area (Å²) in [5, 5.41) is 22.2. The predicted octanol–water partition coefficient (Wildman–Crippen LogP) is 3.31. The summed E-state index contributed by atoms with van der Waals surface area (Å²) in [5.74, 6) is -1.25. The SMILES string of the molecule is O=C(O)CNC(=O)c1nc(Br)c2ccc(Oc3ccccc3)cc2c1O. The maximum atomic E-state index is 12.1. The number of carbonyl (C=O) groups is 2. The number of nitrogens with one attached hydrogen (secondary N) is 1. The van der Waals surface area contributed by atoms with Gasteiger partial charge in [0.05, 0.1) is 0 Å². The Labute approximate surface area is 156 Å². The Balaban J connectivity index is 2.00. The molecule has 3 aromatic rings. The number of aromatic hydroxyl groups is 1. The van der Waals surface area contributed by atoms with E-state index in [0.717, 1.165) is 0 Å². The van der Waals surface area contributed by atoms with Crippen molar-refractivity contribution in [2.24, 2.45) is 0 Å². The van der Waals surface area contributed by atoms with Gasteiger partial charge in [0.25, 0.3) is 5.91 Å². The molecule has 26 heavy (non-hydrogen) atoms. The zero-order chi connectivity index (χ0) is 18.7. The van der Waals surface area contributed by atoms with E-state index in [-0.39, 0.29) is 11.4 Å². The molecule has 0 aliphatic carbocycles. The third-order valence-electron chi connectivity index (χ3n) is 3.50. The van der Waals surface area contributed by atoms with E-state index in [1.165, 1.54) is 0 Å². The van der Waals surface area contributed by atoms with Gasteiger partial charge in [0, 0.05) is 10.8 Å². The zero-order valence-corrected chi connectivity index (χ0v) is 14.9. The lowest BCUT2D eigenvalue weighted by atomic mass is 10.1. The fourth-order valence-electron chi connectivity index (χ4n) is 2.32. The van der Waals surface area contributed by atoms with Crippen molar-refractivity contribution in [2.45, 2.75) is 0 Å². The Kier molecular flexibility index (Phi) is 5.04. The number of pyridine rings is 1. The van der Waals surface area contributed by atoms with E-state index in [0.29, 0.717) is 26.9 Å². The van der Waals surface area contributed by atoms with Gasteiger partial charge < -0.3 is 20.3 Å². The summed E-state index contributed by atoms with van der Waals surface area (Å²) in [6, 6.07) is 14.1. The number of halogens is 1. The highest BCUT2D eigenvalue weighted by Crippen LogP contribution is 2.35. The van der Waals surface area contributed by atoms with Crippen LogP contribution in [-0.2, 0) is 4.79 Å². The van der Waals surface area contributed by atoms with Gasteiger partial charge in [0.15, 0.2) is 11.4 Å². The topological polar surface area (TPSA) is 109 Å². The van der Waals surface area contributed by atoms with Crippen LogP contribution in [0.4, 0.5) is 0 Å². The van der Waals surface area contributed by atoms with E-state index in [1.54, 1.807) is 30.3 Å². The number of aromatic nitrogens is 1. The molecule has 2 aromatic carbocycles. The summed E-state index contributed by atoms with van der Waals surface area (Å²) < 4.78 is 6.08. The normalized spacial score (nSPS) is 10.5. The van der Waals surface area contributed by atoms with Gasteiger partial charge in [-0.2, -0.15) is 0 Å². The van der Waals surface area contributed by atoms with Crippen LogP contribution in [0.2, 0.25) is 0 Å². The van der Waals surface area contributed by atoms with E-state index in [1.807, 2.05) is 18.2 Å². The Morgan fingerprint density at radius 2 is 1.81 bits per heavy atom. The molecule has 0 fully saturated rings. The quantitative estimate of drug-likeness (QED) is 0.550. The molecule has 3 rings (SSSR count). The number of para-hydroxylation sites is 1. The molecule has 1 heterocycles. The molecule has 0 atom stereocenters. The standard InChI is InChI=1S/C18H13BrN2O5/c19-17-12-7-6-11(26-10-4-2-1-3-5-10)8-13(12)16(24)15(21-17)18(25)20-9-14(22)23/h1-8,24H,9H2,(H,20,25)(H,22,23). The highest BCUT2D eigenvalue weighted by Gasteiger charge is 2.19. The van der Waals surface area contributed by atoms with Crippen molar-refractivity contribution in [3.8, 4) is 17.2 Å². The van der Waals surface area contributed by atoms with Crippen LogP contribution in [0.25, 0.3) is 10.8 Å². The van der Waals surface area contributed by atoms with Gasteiger partial charge in [0.2, 0.25) is 0 Å². The summed E-state index contributed by atoms with van der Waals surface area (Å²) in [6.45, 7) is -0.577. The van der Waals surface area contributed by atoms with E-state index < -0.39 is 18.4 Å². The number of hydrogen-bond acceptors (Lipinski definition) is 5. The fourth-order valence-corrected chi connectivity index (χ4v) is 2.85. The predicted molar refractivity (Wildman–Crippen MR) is 97.6 cm³/mol. The third kappa shape index (κ3) is 3.75. The van der Waals surface area contributed by atoms with Gasteiger partial charge in [0.1, 0.15) is 22.6 Å². The lowest BCUT2D eigenvalue weighted by molar-refractivity contribution is -0.135. The van der Waals surface area contributed by atoms with Crippen LogP contribution in [0.3, 0.4) is 0 Å². The lowest BCUT2D eigenvalue weighted by Crippen LogP contribution is -2.30. The van der Waals surface area contributed by atoms with Gasteiger partial charge in [-0.1, -0.05) is 18.2 Å². The summed E-state index contributed by atoms with van der Waals surface area (Å²) in [7, 11) is 0. The molecule has 132 valence electrons. The number of benzene rings is 2. The number of hydrogen-bond donors (Lipinski definition) is 3. The van der Waals surface area contributed by atoms with Crippen LogP contribution in [-0.4, -0.2) is 33.6 Å². The number of aliphatic carboxylic acids is 1. The molecule has 0 aliphatic rings. The summed E-state index contributed by atoms with van der Waals surface area (Å²) in [5.41, 5.74) is -0.275. The van der Waals surface area contributed by atoms with Crippen LogP contribution in [0.5, 0.6) is 17.2 Å². The molecule has 0 bridgehead atoms. The molecule has 1 aromatic heterocycles. The molecule has 0 aliphatic heterocycles. The Hall–Kier alpha value is -3.13. The second-order valence-corrected chi connectivity index (χ2v) is 6.05. The Bertz CT molecular complexity index is 992. The minimum absolute atomic E-state index is 0.275. The minimum Gasteiger partial charge on any atom is -0.505 e. The van der Waals surface area contributed by atoms with Gasteiger partial charge in [-0.3, -0.25) is 9.59 Å². The van der Waals surface area contributed by atoms with E-state index >= 15 is 0 Å². The van der Waals surface area contributed by atoms with Crippen molar-refractivity contribution in [2.75, 3.05) is 6.54 Å². The summed E-state index contributed by atoms with van der Waals surface area (Å²) in [6.07, 6.45) is 0. The van der Waals surface area contributed by atoms with Crippen molar-refractivity contribution in [3.63, 3.8) is 0 Å². The number of carboxylic acid groups (broad SMARTS) is 1. The summed E-state index contributed by atoms with van der Waals surface area (Å²) >= 11 is 3.26. The molecule has 0 saturated carbocycles. The van der Waals surface area contributed by atoms with Crippen LogP contribution < -0.4 is 10.1 Å². The maximum Gasteiger partial charge on any atom is 0.322 e. The van der Waals surface area contributed by atoms with Crippen molar-refractivity contribution in [3.05, 3.63) is 58.8 Å².